The van der Waals surface area contributed by atoms with Crippen molar-refractivity contribution < 1.29 is 10.2 Å². The van der Waals surface area contributed by atoms with Crippen LogP contribution in [0.5, 0.6) is 11.5 Å². The predicted molar refractivity (Wildman–Crippen MR) is 84.3 cm³/mol. The van der Waals surface area contributed by atoms with E-state index >= 15 is 0 Å². The molecule has 0 atom stereocenters. The molecule has 0 aliphatic rings. The lowest BCUT2D eigenvalue weighted by molar-refractivity contribution is 0.480. The smallest absolute Gasteiger partial charge is 0.123 e. The summed E-state index contributed by atoms with van der Waals surface area (Å²) >= 11 is 0. The SMILES string of the molecule is C=Cc1ccc(O)c2cc3c(CC)ccc(O)c3cc12. The Morgan fingerprint density at radius 2 is 1.50 bits per heavy atom. The molecule has 0 aliphatic heterocycles. The summed E-state index contributed by atoms with van der Waals surface area (Å²) < 4.78 is 0. The van der Waals surface area contributed by atoms with Gasteiger partial charge in [0, 0.05) is 10.8 Å². The zero-order chi connectivity index (χ0) is 14.3. The highest BCUT2D eigenvalue weighted by Gasteiger charge is 2.10. The fraction of sp³-hybridized carbons (Fsp3) is 0.111. The quantitative estimate of drug-likeness (QED) is 0.663. The number of hydrogen-bond donors (Lipinski definition) is 2. The molecule has 0 bridgehead atoms. The van der Waals surface area contributed by atoms with E-state index in [2.05, 4.69) is 13.5 Å². The fourth-order valence-electron chi connectivity index (χ4n) is 2.72. The van der Waals surface area contributed by atoms with Crippen molar-refractivity contribution in [2.75, 3.05) is 0 Å². The number of hydrogen-bond acceptors (Lipinski definition) is 2. The number of phenolic OH excluding ortho intramolecular Hbond substituents is 2. The minimum absolute atomic E-state index is 0.248. The van der Waals surface area contributed by atoms with Crippen LogP contribution in [0.3, 0.4) is 0 Å². The van der Waals surface area contributed by atoms with Crippen molar-refractivity contribution in [2.24, 2.45) is 0 Å². The second-order valence-corrected chi connectivity index (χ2v) is 4.92. The van der Waals surface area contributed by atoms with Crippen LogP contribution >= 0.6 is 0 Å². The van der Waals surface area contributed by atoms with E-state index in [9.17, 15) is 10.2 Å². The summed E-state index contributed by atoms with van der Waals surface area (Å²) in [4.78, 5) is 0. The number of rotatable bonds is 2. The van der Waals surface area contributed by atoms with Crippen molar-refractivity contribution >= 4 is 27.6 Å². The van der Waals surface area contributed by atoms with Gasteiger partial charge < -0.3 is 10.2 Å². The maximum Gasteiger partial charge on any atom is 0.123 e. The first-order valence-corrected chi connectivity index (χ1v) is 6.68. The highest BCUT2D eigenvalue weighted by Crippen LogP contribution is 2.36. The lowest BCUT2D eigenvalue weighted by Crippen LogP contribution is -1.87. The Kier molecular flexibility index (Phi) is 2.87. The second kappa shape index (κ2) is 4.57. The molecule has 100 valence electrons. The Hall–Kier alpha value is -2.48. The molecule has 0 aliphatic carbocycles. The van der Waals surface area contributed by atoms with Gasteiger partial charge >= 0.3 is 0 Å². The number of fused-ring (bicyclic) bond motifs is 2. The van der Waals surface area contributed by atoms with Crippen LogP contribution in [-0.4, -0.2) is 10.2 Å². The molecule has 3 rings (SSSR count). The number of aryl methyl sites for hydroxylation is 1. The zero-order valence-electron chi connectivity index (χ0n) is 11.4. The molecular formula is C18H16O2. The zero-order valence-corrected chi connectivity index (χ0v) is 11.4. The van der Waals surface area contributed by atoms with Gasteiger partial charge in [0.1, 0.15) is 11.5 Å². The summed E-state index contributed by atoms with van der Waals surface area (Å²) in [6, 6.07) is 11.0. The van der Waals surface area contributed by atoms with E-state index in [-0.39, 0.29) is 11.5 Å². The van der Waals surface area contributed by atoms with Gasteiger partial charge in [-0.15, -0.1) is 0 Å². The van der Waals surface area contributed by atoms with Crippen LogP contribution in [0.4, 0.5) is 0 Å². The minimum Gasteiger partial charge on any atom is -0.507 e. The summed E-state index contributed by atoms with van der Waals surface area (Å²) in [5.41, 5.74) is 2.10. The van der Waals surface area contributed by atoms with Crippen LogP contribution in [0.25, 0.3) is 27.6 Å². The van der Waals surface area contributed by atoms with Gasteiger partial charge in [-0.3, -0.25) is 0 Å². The monoisotopic (exact) mass is 264 g/mol. The molecule has 0 saturated heterocycles. The molecule has 0 radical (unpaired) electrons. The number of aromatic hydroxyl groups is 2. The Bertz CT molecular complexity index is 832. The van der Waals surface area contributed by atoms with Crippen molar-refractivity contribution in [3.63, 3.8) is 0 Å². The fourth-order valence-corrected chi connectivity index (χ4v) is 2.72. The van der Waals surface area contributed by atoms with Crippen LogP contribution in [0, 0.1) is 0 Å². The second-order valence-electron chi connectivity index (χ2n) is 4.92. The molecule has 0 saturated carbocycles. The van der Waals surface area contributed by atoms with Gasteiger partial charge in [-0.1, -0.05) is 31.7 Å². The van der Waals surface area contributed by atoms with Gasteiger partial charge in [-0.05, 0) is 52.6 Å². The van der Waals surface area contributed by atoms with E-state index in [1.54, 1.807) is 18.2 Å². The van der Waals surface area contributed by atoms with Crippen LogP contribution in [0.2, 0.25) is 0 Å². The van der Waals surface area contributed by atoms with Crippen molar-refractivity contribution in [2.45, 2.75) is 13.3 Å². The molecule has 0 aromatic heterocycles. The van der Waals surface area contributed by atoms with Gasteiger partial charge in [0.25, 0.3) is 0 Å². The molecule has 20 heavy (non-hydrogen) atoms. The van der Waals surface area contributed by atoms with Crippen molar-refractivity contribution in [1.29, 1.82) is 0 Å². The third kappa shape index (κ3) is 1.73. The Balaban J connectivity index is 2.55. The first kappa shape index (κ1) is 12.5. The van der Waals surface area contributed by atoms with Gasteiger partial charge in [0.05, 0.1) is 0 Å². The molecule has 0 amide bonds. The maximum absolute atomic E-state index is 10.1. The van der Waals surface area contributed by atoms with Crippen molar-refractivity contribution in [3.8, 4) is 11.5 Å². The molecule has 2 nitrogen and oxygen atoms in total. The largest absolute Gasteiger partial charge is 0.507 e. The van der Waals surface area contributed by atoms with Crippen LogP contribution in [-0.2, 0) is 6.42 Å². The lowest BCUT2D eigenvalue weighted by atomic mass is 9.95. The molecule has 2 N–H and O–H groups in total. The van der Waals surface area contributed by atoms with Gasteiger partial charge in [0.15, 0.2) is 0 Å². The predicted octanol–water partition coefficient (Wildman–Crippen LogP) is 4.61. The Labute approximate surface area is 117 Å². The normalized spacial score (nSPS) is 11.1. The average Bonchev–Trinajstić information content (AvgIpc) is 2.47. The van der Waals surface area contributed by atoms with E-state index in [4.69, 9.17) is 0 Å². The third-order valence-corrected chi connectivity index (χ3v) is 3.83. The Morgan fingerprint density at radius 3 is 2.15 bits per heavy atom. The summed E-state index contributed by atoms with van der Waals surface area (Å²) in [6.45, 7) is 5.88. The van der Waals surface area contributed by atoms with Gasteiger partial charge in [-0.2, -0.15) is 0 Å². The van der Waals surface area contributed by atoms with Gasteiger partial charge in [0.2, 0.25) is 0 Å². The van der Waals surface area contributed by atoms with Crippen LogP contribution in [0.15, 0.2) is 43.0 Å². The first-order chi connectivity index (χ1) is 9.65. The molecule has 3 aromatic rings. The van der Waals surface area contributed by atoms with Crippen LogP contribution in [0.1, 0.15) is 18.1 Å². The van der Waals surface area contributed by atoms with E-state index in [0.717, 1.165) is 39.1 Å². The van der Waals surface area contributed by atoms with E-state index in [0.29, 0.717) is 0 Å². The third-order valence-electron chi connectivity index (χ3n) is 3.83. The van der Waals surface area contributed by atoms with Gasteiger partial charge in [-0.25, -0.2) is 0 Å². The molecule has 2 heteroatoms. The van der Waals surface area contributed by atoms with E-state index < -0.39 is 0 Å². The molecule has 0 unspecified atom stereocenters. The first-order valence-electron chi connectivity index (χ1n) is 6.68. The standard InChI is InChI=1S/C18H16O2/c1-3-11-5-7-17(19)15-10-14-12(4-2)6-8-18(20)16(14)9-13(11)15/h3,5-10,19-20H,1,4H2,2H3. The van der Waals surface area contributed by atoms with E-state index in [1.807, 2.05) is 24.3 Å². The number of phenols is 2. The minimum atomic E-state index is 0.248. The molecule has 0 spiro atoms. The molecule has 0 fully saturated rings. The van der Waals surface area contributed by atoms with Crippen molar-refractivity contribution in [1.82, 2.24) is 0 Å². The molecular weight excluding hydrogens is 248 g/mol. The highest BCUT2D eigenvalue weighted by atomic mass is 16.3. The topological polar surface area (TPSA) is 40.5 Å². The summed E-state index contributed by atoms with van der Waals surface area (Å²) in [7, 11) is 0. The average molecular weight is 264 g/mol. The van der Waals surface area contributed by atoms with Crippen LogP contribution < -0.4 is 0 Å². The van der Waals surface area contributed by atoms with Crippen molar-refractivity contribution in [3.05, 3.63) is 54.1 Å². The highest BCUT2D eigenvalue weighted by molar-refractivity contribution is 6.06. The lowest BCUT2D eigenvalue weighted by Gasteiger charge is -2.11. The molecule has 0 heterocycles. The number of benzene rings is 3. The summed E-state index contributed by atoms with van der Waals surface area (Å²) in [5, 5.41) is 23.7. The molecule has 3 aromatic carbocycles. The van der Waals surface area contributed by atoms with E-state index in [1.165, 1.54) is 0 Å². The Morgan fingerprint density at radius 1 is 0.900 bits per heavy atom. The maximum atomic E-state index is 10.1. The summed E-state index contributed by atoms with van der Waals surface area (Å²) in [6.07, 6.45) is 2.64. The summed E-state index contributed by atoms with van der Waals surface area (Å²) in [5.74, 6) is 0.510.